The van der Waals surface area contributed by atoms with Crippen molar-refractivity contribution in [2.75, 3.05) is 11.9 Å². The lowest BCUT2D eigenvalue weighted by atomic mass is 10.0. The molecule has 200 valence electrons. The van der Waals surface area contributed by atoms with Crippen LogP contribution in [0.1, 0.15) is 43.2 Å². The second-order valence-electron chi connectivity index (χ2n) is 8.94. The first-order chi connectivity index (χ1) is 18.0. The summed E-state index contributed by atoms with van der Waals surface area (Å²) in [7, 11) is 0. The van der Waals surface area contributed by atoms with Crippen molar-refractivity contribution in [3.63, 3.8) is 0 Å². The molecule has 1 heterocycles. The summed E-state index contributed by atoms with van der Waals surface area (Å²) in [6, 6.07) is 12.5. The number of imide groups is 1. The van der Waals surface area contributed by atoms with Crippen molar-refractivity contribution in [3.8, 4) is 0 Å². The van der Waals surface area contributed by atoms with E-state index in [2.05, 4.69) is 16.0 Å². The van der Waals surface area contributed by atoms with E-state index in [0.717, 1.165) is 28.2 Å². The van der Waals surface area contributed by atoms with Crippen LogP contribution in [0.5, 0.6) is 0 Å². The normalized spacial score (nSPS) is 15.1. The van der Waals surface area contributed by atoms with E-state index >= 15 is 0 Å². The maximum Gasteiger partial charge on any atom is 0.288 e. The molecular weight excluding hydrogens is 492 g/mol. The number of nitrogens with zero attached hydrogens (tertiary/aromatic N) is 1. The maximum atomic E-state index is 12.6. The zero-order chi connectivity index (χ0) is 27.8. The molecule has 2 aromatic carbocycles. The van der Waals surface area contributed by atoms with E-state index in [1.807, 2.05) is 24.3 Å². The standard InChI is InChI=1S/C27H30N4O7/c1-16(28-22(32)12-13-31-23(33)10-11-24(31)34)25(35)29-17(2)26(36)30-21-5-3-4-19(15-21)14-18-6-8-20(9-7-18)27(37)38/h3-11,15-17,27,37-38H,12-14H2,1-2H3,(H,28,32)(H,29,35)(H,30,36)/p+1/t16-,17-/m0/s1. The van der Waals surface area contributed by atoms with Gasteiger partial charge < -0.3 is 26.2 Å². The summed E-state index contributed by atoms with van der Waals surface area (Å²) in [5, 5.41) is 24.5. The summed E-state index contributed by atoms with van der Waals surface area (Å²) in [5.74, 6) is -2.50. The first kappa shape index (κ1) is 28.2. The van der Waals surface area contributed by atoms with Gasteiger partial charge in [-0.1, -0.05) is 24.3 Å². The summed E-state index contributed by atoms with van der Waals surface area (Å²) in [6.07, 6.45) is 1.41. The quantitative estimate of drug-likeness (QED) is 0.187. The molecular formula is C27H31N4O7+. The van der Waals surface area contributed by atoms with E-state index in [-0.39, 0.29) is 13.0 Å². The average molecular weight is 524 g/mol. The van der Waals surface area contributed by atoms with Gasteiger partial charge in [0.05, 0.1) is 5.56 Å². The minimum absolute atomic E-state index is 0.0949. The van der Waals surface area contributed by atoms with Crippen LogP contribution in [0.3, 0.4) is 0 Å². The van der Waals surface area contributed by atoms with E-state index in [0.29, 0.717) is 17.7 Å². The van der Waals surface area contributed by atoms with Crippen LogP contribution in [0.25, 0.3) is 0 Å². The van der Waals surface area contributed by atoms with Crippen LogP contribution in [0, 0.1) is 0 Å². The predicted octanol–water partition coefficient (Wildman–Crippen LogP) is 0.256. The zero-order valence-corrected chi connectivity index (χ0v) is 21.1. The molecule has 0 radical (unpaired) electrons. The Labute approximate surface area is 219 Å². The van der Waals surface area contributed by atoms with E-state index in [9.17, 15) is 29.1 Å². The number of benzene rings is 2. The number of hydrogen-bond acceptors (Lipinski definition) is 6. The van der Waals surface area contributed by atoms with Gasteiger partial charge in [0, 0.05) is 30.8 Å². The van der Waals surface area contributed by atoms with Gasteiger partial charge in [-0.3, -0.25) is 28.9 Å². The molecule has 3 atom stereocenters. The third-order valence-electron chi connectivity index (χ3n) is 5.88. The first-order valence-corrected chi connectivity index (χ1v) is 12.0. The largest absolute Gasteiger partial charge is 0.418 e. The van der Waals surface area contributed by atoms with Crippen LogP contribution in [0.4, 0.5) is 5.69 Å². The van der Waals surface area contributed by atoms with Crippen molar-refractivity contribution in [2.45, 2.75) is 45.1 Å². The molecule has 0 fully saturated rings. The van der Waals surface area contributed by atoms with Gasteiger partial charge in [-0.25, -0.2) is 0 Å². The Morgan fingerprint density at radius 3 is 2.16 bits per heavy atom. The van der Waals surface area contributed by atoms with Gasteiger partial charge in [-0.2, -0.15) is 0 Å². The van der Waals surface area contributed by atoms with Gasteiger partial charge in [0.1, 0.15) is 12.1 Å². The Morgan fingerprint density at radius 1 is 0.895 bits per heavy atom. The number of anilines is 1. The molecule has 38 heavy (non-hydrogen) atoms. The maximum absolute atomic E-state index is 12.6. The van der Waals surface area contributed by atoms with Crippen molar-refractivity contribution in [1.82, 2.24) is 15.5 Å². The highest BCUT2D eigenvalue weighted by Gasteiger charge is 2.25. The molecule has 0 bridgehead atoms. The minimum Gasteiger partial charge on any atom is -0.418 e. The Balaban J connectivity index is 1.46. The van der Waals surface area contributed by atoms with Gasteiger partial charge in [-0.05, 0) is 55.7 Å². The molecule has 0 aromatic heterocycles. The summed E-state index contributed by atoms with van der Waals surface area (Å²) in [6.45, 7) is 2.89. The topological polar surface area (TPSA) is 168 Å². The molecule has 2 aromatic rings. The lowest BCUT2D eigenvalue weighted by Gasteiger charge is -2.19. The van der Waals surface area contributed by atoms with E-state index in [4.69, 9.17) is 5.11 Å². The van der Waals surface area contributed by atoms with Crippen molar-refractivity contribution in [2.24, 2.45) is 0 Å². The monoisotopic (exact) mass is 523 g/mol. The van der Waals surface area contributed by atoms with E-state index in [1.165, 1.54) is 13.8 Å². The summed E-state index contributed by atoms with van der Waals surface area (Å²) >= 11 is 0. The van der Waals surface area contributed by atoms with Crippen LogP contribution in [0.2, 0.25) is 0 Å². The molecule has 3 rings (SSSR count). The predicted molar refractivity (Wildman–Crippen MR) is 139 cm³/mol. The average Bonchev–Trinajstić information content (AvgIpc) is 3.19. The highest BCUT2D eigenvalue weighted by atomic mass is 16.5. The van der Waals surface area contributed by atoms with Crippen LogP contribution in [-0.2, 0) is 30.4 Å². The molecule has 0 saturated heterocycles. The summed E-state index contributed by atoms with van der Waals surface area (Å²) < 4.78 is 0. The van der Waals surface area contributed by atoms with Crippen LogP contribution in [0.15, 0.2) is 60.7 Å². The Hall–Kier alpha value is -4.35. The lowest BCUT2D eigenvalue weighted by Crippen LogP contribution is -2.50. The highest BCUT2D eigenvalue weighted by Crippen LogP contribution is 2.17. The molecule has 11 nitrogen and oxygen atoms in total. The minimum atomic E-state index is -1.28. The van der Waals surface area contributed by atoms with Gasteiger partial charge in [0.15, 0.2) is 0 Å². The van der Waals surface area contributed by atoms with Crippen LogP contribution in [-0.4, -0.2) is 63.3 Å². The number of carbonyl (C=O) groups is 5. The Morgan fingerprint density at radius 2 is 1.53 bits per heavy atom. The number of rotatable bonds is 11. The molecule has 0 spiro atoms. The highest BCUT2D eigenvalue weighted by molar-refractivity contribution is 6.13. The van der Waals surface area contributed by atoms with Crippen molar-refractivity contribution < 1.29 is 34.2 Å². The number of nitrogens with one attached hydrogen (secondary N) is 3. The van der Waals surface area contributed by atoms with Crippen molar-refractivity contribution in [3.05, 3.63) is 77.4 Å². The second-order valence-corrected chi connectivity index (χ2v) is 8.94. The molecule has 0 saturated carbocycles. The lowest BCUT2D eigenvalue weighted by molar-refractivity contribution is -0.137. The Bertz CT molecular complexity index is 1220. The third kappa shape index (κ3) is 7.82. The number of aliphatic hydroxyl groups is 1. The summed E-state index contributed by atoms with van der Waals surface area (Å²) in [4.78, 5) is 61.3. The number of carbonyl (C=O) groups excluding carboxylic acids is 5. The van der Waals surface area contributed by atoms with Crippen molar-refractivity contribution in [1.29, 1.82) is 0 Å². The van der Waals surface area contributed by atoms with Gasteiger partial charge in [0.25, 0.3) is 18.1 Å². The smallest absolute Gasteiger partial charge is 0.288 e. The number of amides is 5. The van der Waals surface area contributed by atoms with Crippen LogP contribution >= 0.6 is 0 Å². The molecule has 0 aliphatic carbocycles. The fourth-order valence-electron chi connectivity index (χ4n) is 3.71. The van der Waals surface area contributed by atoms with Gasteiger partial charge in [-0.15, -0.1) is 0 Å². The molecule has 5 amide bonds. The fraction of sp³-hybridized carbons (Fsp3) is 0.296. The molecule has 1 aliphatic rings. The number of aliphatic hydroxyl groups excluding tert-OH is 1. The Kier molecular flexibility index (Phi) is 9.47. The second kappa shape index (κ2) is 12.7. The van der Waals surface area contributed by atoms with E-state index in [1.54, 1.807) is 24.3 Å². The van der Waals surface area contributed by atoms with Crippen molar-refractivity contribution >= 4 is 35.2 Å². The van der Waals surface area contributed by atoms with Gasteiger partial charge in [0.2, 0.25) is 17.7 Å². The fourth-order valence-corrected chi connectivity index (χ4v) is 3.71. The SMILES string of the molecule is C[C@H](NC(=O)CCN1C(=O)C=CC1=O)C(=O)N[C@@H](C)C(=O)Nc1cccc(Cc2ccc(C(O)[OH2+])cc2)c1. The molecule has 1 aliphatic heterocycles. The van der Waals surface area contributed by atoms with Crippen LogP contribution < -0.4 is 16.0 Å². The molecule has 11 heteroatoms. The molecule has 6 N–H and O–H groups in total. The molecule has 1 unspecified atom stereocenters. The zero-order valence-electron chi connectivity index (χ0n) is 21.1. The number of hydrogen-bond donors (Lipinski definition) is 4. The van der Waals surface area contributed by atoms with E-state index < -0.39 is 47.9 Å². The summed E-state index contributed by atoms with van der Waals surface area (Å²) in [5.41, 5.74) is 2.97. The van der Waals surface area contributed by atoms with Gasteiger partial charge >= 0.3 is 0 Å². The third-order valence-corrected chi connectivity index (χ3v) is 5.88. The first-order valence-electron chi connectivity index (χ1n) is 12.0.